The highest BCUT2D eigenvalue weighted by molar-refractivity contribution is 7.13. The van der Waals surface area contributed by atoms with Gasteiger partial charge in [0.15, 0.2) is 0 Å². The summed E-state index contributed by atoms with van der Waals surface area (Å²) in [5.74, 6) is -0.555. The topological polar surface area (TPSA) is 257 Å². The minimum absolute atomic E-state index is 0.0193. The Labute approximate surface area is 514 Å². The number of aromatic nitrogens is 4. The number of nitrogens with zero attached hydrogens (tertiary/aromatic N) is 7. The molecule has 2 fully saturated rings. The van der Waals surface area contributed by atoms with Crippen LogP contribution in [0.2, 0.25) is 0 Å². The first-order valence-corrected chi connectivity index (χ1v) is 30.9. The smallest absolute Gasteiger partial charge is 0.322 e. The van der Waals surface area contributed by atoms with Gasteiger partial charge in [-0.2, -0.15) is 10.4 Å². The van der Waals surface area contributed by atoms with Gasteiger partial charge in [0, 0.05) is 74.9 Å². The Balaban J connectivity index is 0.639. The molecule has 0 radical (unpaired) electrons. The number of rotatable bonds is 32. The van der Waals surface area contributed by atoms with Crippen LogP contribution in [0.25, 0.3) is 21.6 Å². The van der Waals surface area contributed by atoms with Gasteiger partial charge in [-0.1, -0.05) is 87.5 Å². The number of amides is 5. The van der Waals surface area contributed by atoms with Crippen LogP contribution in [0.3, 0.4) is 0 Å². The van der Waals surface area contributed by atoms with Crippen LogP contribution in [0.15, 0.2) is 115 Å². The van der Waals surface area contributed by atoms with E-state index in [1.165, 1.54) is 4.90 Å². The Kier molecular flexibility index (Phi) is 25.2. The van der Waals surface area contributed by atoms with Gasteiger partial charge in [-0.3, -0.25) is 24.0 Å². The van der Waals surface area contributed by atoms with Crippen LogP contribution in [0, 0.1) is 23.7 Å². The van der Waals surface area contributed by atoms with Gasteiger partial charge in [0.05, 0.1) is 86.8 Å². The van der Waals surface area contributed by atoms with E-state index >= 15 is 0 Å². The number of hydrogen-bond donors (Lipinski definition) is 5. The van der Waals surface area contributed by atoms with E-state index in [-0.39, 0.29) is 63.4 Å². The first-order chi connectivity index (χ1) is 42.2. The fourth-order valence-corrected chi connectivity index (χ4v) is 11.4. The molecule has 5 N–H and O–H groups in total. The van der Waals surface area contributed by atoms with Crippen LogP contribution in [0.1, 0.15) is 88.1 Å². The third kappa shape index (κ3) is 20.2. The maximum absolute atomic E-state index is 14.0. The highest BCUT2D eigenvalue weighted by Gasteiger charge is 2.44. The molecule has 0 bridgehead atoms. The van der Waals surface area contributed by atoms with E-state index in [1.54, 1.807) is 23.6 Å². The van der Waals surface area contributed by atoms with Gasteiger partial charge in [0.1, 0.15) is 30.6 Å². The largest absolute Gasteiger partial charge is 0.391 e. The van der Waals surface area contributed by atoms with Gasteiger partial charge in [0.25, 0.3) is 0 Å². The number of thiazole rings is 1. The van der Waals surface area contributed by atoms with E-state index in [0.29, 0.717) is 58.4 Å². The average molecular weight is 1210 g/mol. The van der Waals surface area contributed by atoms with Crippen molar-refractivity contribution in [3.05, 3.63) is 137 Å². The van der Waals surface area contributed by atoms with Crippen LogP contribution in [0.4, 0.5) is 16.3 Å². The number of anilines is 2. The van der Waals surface area contributed by atoms with Crippen molar-refractivity contribution in [3.63, 3.8) is 0 Å². The second kappa shape index (κ2) is 33.5. The molecule has 1 saturated carbocycles. The lowest BCUT2D eigenvalue weighted by Gasteiger charge is -2.37. The van der Waals surface area contributed by atoms with Crippen LogP contribution in [0.5, 0.6) is 0 Å². The zero-order valence-corrected chi connectivity index (χ0v) is 51.2. The molecule has 2 aliphatic rings. The normalized spacial score (nSPS) is 17.1. The van der Waals surface area contributed by atoms with Crippen molar-refractivity contribution >= 4 is 46.6 Å². The molecule has 6 aromatic rings. The van der Waals surface area contributed by atoms with Gasteiger partial charge in [-0.05, 0) is 97.4 Å². The quantitative estimate of drug-likeness (QED) is 0.0250. The summed E-state index contributed by atoms with van der Waals surface area (Å²) < 4.78 is 30.1. The number of aliphatic hydroxyl groups is 1. The third-order valence-electron chi connectivity index (χ3n) is 15.3. The molecule has 1 aliphatic heterocycles. The molecule has 22 heteroatoms. The number of likely N-dealkylation sites (tertiary alicyclic amines) is 1. The minimum atomic E-state index is -0.968. The number of aliphatic hydroxyl groups excluding tert-OH is 1. The number of hydrogen-bond acceptors (Lipinski definition) is 16. The Morgan fingerprint density at radius 1 is 0.747 bits per heavy atom. The molecule has 5 amide bonds. The van der Waals surface area contributed by atoms with E-state index in [1.807, 2.05) is 128 Å². The molecule has 0 unspecified atom stereocenters. The predicted molar refractivity (Wildman–Crippen MR) is 332 cm³/mol. The first-order valence-electron chi connectivity index (χ1n) is 30.0. The van der Waals surface area contributed by atoms with Gasteiger partial charge in [0.2, 0.25) is 17.7 Å². The number of β-amino-alcohol motifs (C(OH)–C–C–N with tert-alkyl or cyclic N) is 1. The van der Waals surface area contributed by atoms with E-state index in [2.05, 4.69) is 54.5 Å². The number of nitrogens with one attached hydrogen (secondary N) is 4. The Morgan fingerprint density at radius 2 is 1.39 bits per heavy atom. The van der Waals surface area contributed by atoms with Gasteiger partial charge in [-0.25, -0.2) is 14.8 Å². The standard InChI is InChI=1S/C65H83N11O10S/c1-46-60(87-45-70-46)51-15-12-48(13-16-51)38-68-62(79)57-36-56(77)43-75(57)63(80)61(65(2,3)4)73-59(78)44-86-35-34-85-33-32-84-31-30-83-29-28-82-27-9-8-26-74-42-52(41-71-74)50-17-21-54(22-18-50)76(64(81)69-39-47-10-6-5-7-11-47)55-23-19-53(20-24-55)72-58-25-14-49(37-66)40-67-58/h5-7,10-18,21-22,25,40-42,45,53,55-57,61,77H,8-9,19-20,23-24,26-36,38-39,43-44H2,1-4H3,(H,67,72)(H,68,79)(H,69,81)(H,73,78)/t53-,55-,56-,57+,61-/m1/s1. The number of urea groups is 1. The van der Waals surface area contributed by atoms with Crippen molar-refractivity contribution in [2.45, 2.75) is 123 Å². The number of carbonyl (C=O) groups is 4. The fourth-order valence-electron chi connectivity index (χ4n) is 10.5. The highest BCUT2D eigenvalue weighted by atomic mass is 32.1. The highest BCUT2D eigenvalue weighted by Crippen LogP contribution is 2.32. The minimum Gasteiger partial charge on any atom is -0.391 e. The zero-order valence-electron chi connectivity index (χ0n) is 50.4. The maximum atomic E-state index is 14.0. The SMILES string of the molecule is Cc1ncsc1-c1ccc(CNC(=O)[C@@H]2C[C@@H](O)CN2C(=O)[C@@H](NC(=O)COCCOCCOCCOCCOCCCCn2cc(-c3ccc(N(C(=O)NCc4ccccc4)[C@H]4CC[C@H](Nc5ccc(C#N)cn5)CC4)cc3)cn2)C(C)(C)C)cc1. The Bertz CT molecular complexity index is 3120. The Morgan fingerprint density at radius 3 is 2.02 bits per heavy atom. The second-order valence-electron chi connectivity index (χ2n) is 22.9. The van der Waals surface area contributed by atoms with E-state index in [0.717, 1.165) is 95.0 Å². The first kappa shape index (κ1) is 65.4. The molecule has 464 valence electrons. The van der Waals surface area contributed by atoms with Gasteiger partial charge in [-0.15, -0.1) is 11.3 Å². The Hall–Kier alpha value is -7.62. The molecular formula is C65H83N11O10S. The zero-order chi connectivity index (χ0) is 61.4. The van der Waals surface area contributed by atoms with Crippen molar-refractivity contribution in [1.82, 2.24) is 40.6 Å². The lowest BCUT2D eigenvalue weighted by Crippen LogP contribution is -2.58. The molecular weight excluding hydrogens is 1130 g/mol. The summed E-state index contributed by atoms with van der Waals surface area (Å²) in [6, 6.07) is 29.9. The third-order valence-corrected chi connectivity index (χ3v) is 16.3. The van der Waals surface area contributed by atoms with Crippen molar-refractivity contribution in [2.24, 2.45) is 5.41 Å². The molecule has 3 aromatic heterocycles. The maximum Gasteiger partial charge on any atom is 0.322 e. The summed E-state index contributed by atoms with van der Waals surface area (Å²) >= 11 is 1.57. The molecule has 87 heavy (non-hydrogen) atoms. The second-order valence-corrected chi connectivity index (χ2v) is 23.8. The number of benzene rings is 3. The predicted octanol–water partition coefficient (Wildman–Crippen LogP) is 8.06. The van der Waals surface area contributed by atoms with Crippen LogP contribution in [-0.2, 0) is 57.7 Å². The van der Waals surface area contributed by atoms with Gasteiger partial charge < -0.3 is 55.0 Å². The summed E-state index contributed by atoms with van der Waals surface area (Å²) in [5, 5.41) is 36.7. The summed E-state index contributed by atoms with van der Waals surface area (Å²) in [7, 11) is 0. The van der Waals surface area contributed by atoms with Crippen LogP contribution < -0.4 is 26.2 Å². The van der Waals surface area contributed by atoms with Crippen molar-refractivity contribution < 1.29 is 48.0 Å². The van der Waals surface area contributed by atoms with Gasteiger partial charge >= 0.3 is 6.03 Å². The molecule has 8 rings (SSSR count). The lowest BCUT2D eigenvalue weighted by atomic mass is 9.85. The summed E-state index contributed by atoms with van der Waals surface area (Å²) in [6.07, 6.45) is 9.89. The number of nitriles is 1. The summed E-state index contributed by atoms with van der Waals surface area (Å²) in [6.45, 7) is 12.1. The summed E-state index contributed by atoms with van der Waals surface area (Å²) in [5.41, 5.74) is 8.43. The van der Waals surface area contributed by atoms with E-state index in [4.69, 9.17) is 28.9 Å². The van der Waals surface area contributed by atoms with Crippen molar-refractivity contribution in [2.75, 3.05) is 82.8 Å². The number of aryl methyl sites for hydroxylation is 2. The lowest BCUT2D eigenvalue weighted by molar-refractivity contribution is -0.144. The number of ether oxygens (including phenoxy) is 5. The summed E-state index contributed by atoms with van der Waals surface area (Å²) in [4.78, 5) is 67.4. The molecule has 21 nitrogen and oxygen atoms in total. The fraction of sp³-hybridized carbons (Fsp3) is 0.477. The number of pyridine rings is 1. The van der Waals surface area contributed by atoms with E-state index in [9.17, 15) is 24.3 Å². The number of carbonyl (C=O) groups excluding carboxylic acids is 4. The van der Waals surface area contributed by atoms with Crippen molar-refractivity contribution in [3.8, 4) is 27.6 Å². The molecule has 0 spiro atoms. The van der Waals surface area contributed by atoms with Crippen LogP contribution >= 0.6 is 11.3 Å². The van der Waals surface area contributed by atoms with Crippen molar-refractivity contribution in [1.29, 1.82) is 5.26 Å². The van der Waals surface area contributed by atoms with Crippen LogP contribution in [-0.4, -0.2) is 156 Å². The molecule has 4 heterocycles. The molecule has 3 aromatic carbocycles. The average Bonchev–Trinajstić information content (AvgIpc) is 2.54. The molecule has 1 aliphatic carbocycles. The van der Waals surface area contributed by atoms with E-state index < -0.39 is 35.4 Å². The monoisotopic (exact) mass is 1210 g/mol. The molecule has 3 atom stereocenters. The molecule has 1 saturated heterocycles. The number of unbranched alkanes of at least 4 members (excludes halogenated alkanes) is 1.